The predicted molar refractivity (Wildman–Crippen MR) is 64.5 cm³/mol. The van der Waals surface area contributed by atoms with Crippen LogP contribution in [0, 0.1) is 0 Å². The molecule has 0 rings (SSSR count). The van der Waals surface area contributed by atoms with Gasteiger partial charge in [-0.1, -0.05) is 0 Å². The van der Waals surface area contributed by atoms with Crippen LogP contribution in [0.3, 0.4) is 0 Å². The Morgan fingerprint density at radius 2 is 0.486 bits per heavy atom. The van der Waals surface area contributed by atoms with E-state index in [-0.39, 0.29) is 0 Å². The average Bonchev–Trinajstić information content (AvgIpc) is 2.57. The van der Waals surface area contributed by atoms with Gasteiger partial charge in [-0.3, -0.25) is 0 Å². The molecule has 0 aromatic rings. The lowest BCUT2D eigenvalue weighted by Crippen LogP contribution is -2.70. The summed E-state index contributed by atoms with van der Waals surface area (Å²) in [6.07, 6.45) is -21.4. The molecule has 37 heavy (non-hydrogen) atoms. The van der Waals surface area contributed by atoms with Crippen molar-refractivity contribution in [2.75, 3.05) is 0 Å². The number of halogens is 24. The molecule has 0 atom stereocenters. The highest BCUT2D eigenvalue weighted by Crippen LogP contribution is 2.60. The highest BCUT2D eigenvalue weighted by molar-refractivity contribution is 5.09. The fourth-order valence-corrected chi connectivity index (χ4v) is 1.41. The summed E-state index contributed by atoms with van der Waals surface area (Å²) in [6, 6.07) is 0. The van der Waals surface area contributed by atoms with Crippen molar-refractivity contribution in [3.8, 4) is 0 Å². The van der Waals surface area contributed by atoms with Gasteiger partial charge in [-0.25, -0.2) is 0 Å². The Morgan fingerprint density at radius 3 is 0.649 bits per heavy atom. The van der Waals surface area contributed by atoms with Crippen molar-refractivity contribution >= 4 is 0 Å². The molecular formula is C12H4F24O. The minimum atomic E-state index is -7.68. The lowest BCUT2D eigenvalue weighted by atomic mass is 9.94. The zero-order valence-electron chi connectivity index (χ0n) is 16.0. The fraction of sp³-hybridized carbons (Fsp3) is 1.00. The molecule has 1 N–H and O–H groups in total. The number of hydrogen-bond donors (Lipinski definition) is 1. The minimum absolute atomic E-state index is 1.01. The normalized spacial score (nSPS) is 16.4. The number of alkyl halides is 24. The summed E-state index contributed by atoms with van der Waals surface area (Å²) in [5.74, 6) is -58.5. The van der Waals surface area contributed by atoms with Crippen LogP contribution < -0.4 is 0 Å². The van der Waals surface area contributed by atoms with E-state index in [1.54, 1.807) is 0 Å². The molecule has 0 bridgehead atoms. The van der Waals surface area contributed by atoms with Gasteiger partial charge in [-0.05, 0) is 0 Å². The van der Waals surface area contributed by atoms with Gasteiger partial charge >= 0.3 is 65.8 Å². The van der Waals surface area contributed by atoms with E-state index in [0.717, 1.165) is 0 Å². The van der Waals surface area contributed by atoms with Crippen LogP contribution in [0.4, 0.5) is 105 Å². The van der Waals surface area contributed by atoms with Gasteiger partial charge in [0.25, 0.3) is 0 Å². The molecule has 0 spiro atoms. The van der Waals surface area contributed by atoms with Crippen molar-refractivity contribution in [2.45, 2.75) is 72.8 Å². The molecule has 0 saturated heterocycles. The molecule has 226 valence electrons. The van der Waals surface area contributed by atoms with Gasteiger partial charge in [0.1, 0.15) is 0 Å². The molecule has 0 aliphatic rings. The van der Waals surface area contributed by atoms with Gasteiger partial charge in [0, 0.05) is 6.92 Å². The molecule has 0 aromatic carbocycles. The summed E-state index contributed by atoms with van der Waals surface area (Å²) < 4.78 is 287. The van der Waals surface area contributed by atoms with E-state index in [1.165, 1.54) is 0 Å². The Kier molecular flexibility index (Phi) is 9.30. The Hall–Kier alpha value is -1.72. The minimum Gasteiger partial charge on any atom is -0.331 e. The second-order valence-electron chi connectivity index (χ2n) is 6.45. The highest BCUT2D eigenvalue weighted by Gasteiger charge is 2.90. The smallest absolute Gasteiger partial charge is 0.331 e. The van der Waals surface area contributed by atoms with Gasteiger partial charge in [0.15, 0.2) is 0 Å². The number of rotatable bonds is 7. The molecule has 0 heterocycles. The zero-order chi connectivity index (χ0) is 31.5. The van der Waals surface area contributed by atoms with Crippen LogP contribution in [0.2, 0.25) is 0 Å². The average molecular weight is 620 g/mol. The molecular weight excluding hydrogens is 616 g/mol. The van der Waals surface area contributed by atoms with E-state index in [4.69, 9.17) is 5.11 Å². The second-order valence-corrected chi connectivity index (χ2v) is 6.45. The van der Waals surface area contributed by atoms with Crippen molar-refractivity contribution in [1.29, 1.82) is 0 Å². The first-order valence-electron chi connectivity index (χ1n) is 7.51. The third-order valence-electron chi connectivity index (χ3n) is 3.61. The highest BCUT2D eigenvalue weighted by atomic mass is 19.4. The van der Waals surface area contributed by atoms with Crippen molar-refractivity contribution in [3.05, 3.63) is 0 Å². The van der Waals surface area contributed by atoms with E-state index < -0.39 is 72.8 Å². The molecule has 0 unspecified atom stereocenters. The number of hydrogen-bond acceptors (Lipinski definition) is 1. The Labute approximate surface area is 185 Å². The molecule has 0 amide bonds. The SMILES string of the molecule is CC(F)(F)C(F)(F)C(F)(F)C(F)(F)C(F)(F)C(O)(F)F.FC(F)(F)C(F)(F)C(F)(F)C(F)(F)C(F)(F)F. The van der Waals surface area contributed by atoms with Crippen LogP contribution in [-0.4, -0.2) is 70.9 Å². The summed E-state index contributed by atoms with van der Waals surface area (Å²) in [7, 11) is 0. The first kappa shape index (κ1) is 37.4. The van der Waals surface area contributed by atoms with Crippen LogP contribution in [0.5, 0.6) is 0 Å². The van der Waals surface area contributed by atoms with E-state index in [2.05, 4.69) is 0 Å². The lowest BCUT2D eigenvalue weighted by molar-refractivity contribution is -0.450. The second kappa shape index (κ2) is 9.19. The van der Waals surface area contributed by atoms with Crippen molar-refractivity contribution < 1.29 is 110 Å². The topological polar surface area (TPSA) is 20.2 Å². The molecule has 0 aromatic heterocycles. The summed E-state index contributed by atoms with van der Waals surface area (Å²) in [5.41, 5.74) is 0. The van der Waals surface area contributed by atoms with Gasteiger partial charge < -0.3 is 5.11 Å². The monoisotopic (exact) mass is 620 g/mol. The molecule has 0 saturated carbocycles. The molecule has 0 fully saturated rings. The van der Waals surface area contributed by atoms with E-state index in [0.29, 0.717) is 0 Å². The van der Waals surface area contributed by atoms with Gasteiger partial charge in [-0.2, -0.15) is 105 Å². The maximum atomic E-state index is 12.6. The standard InChI is InChI=1S/C7H4F12O.C5F12/c1-2(8,9)3(10,11)4(12,13)5(14,15)6(16,17)7(18,19)20;6-1(7,2(8,9)4(12,13)14)3(10,11)5(15,16)17/h20H,1H3;. The van der Waals surface area contributed by atoms with Gasteiger partial charge in [0.05, 0.1) is 0 Å². The maximum absolute atomic E-state index is 12.6. The van der Waals surface area contributed by atoms with Crippen LogP contribution in [0.25, 0.3) is 0 Å². The largest absolute Gasteiger partial charge is 0.460 e. The molecule has 25 heteroatoms. The Balaban J connectivity index is 0. The van der Waals surface area contributed by atoms with Crippen molar-refractivity contribution in [1.82, 2.24) is 0 Å². The van der Waals surface area contributed by atoms with Gasteiger partial charge in [0.2, 0.25) is 0 Å². The van der Waals surface area contributed by atoms with Crippen LogP contribution in [0.15, 0.2) is 0 Å². The number of aliphatic hydroxyl groups is 1. The summed E-state index contributed by atoms with van der Waals surface area (Å²) >= 11 is 0. The molecule has 0 aliphatic carbocycles. The fourth-order valence-electron chi connectivity index (χ4n) is 1.41. The predicted octanol–water partition coefficient (Wildman–Crippen LogP) is 7.78. The Morgan fingerprint density at radius 1 is 0.297 bits per heavy atom. The molecule has 0 radical (unpaired) electrons. The van der Waals surface area contributed by atoms with Crippen LogP contribution in [-0.2, 0) is 0 Å². The summed E-state index contributed by atoms with van der Waals surface area (Å²) in [5, 5.41) is 7.38. The van der Waals surface area contributed by atoms with Gasteiger partial charge in [-0.15, -0.1) is 0 Å². The van der Waals surface area contributed by atoms with Crippen LogP contribution >= 0.6 is 0 Å². The molecule has 1 nitrogen and oxygen atoms in total. The third-order valence-corrected chi connectivity index (χ3v) is 3.61. The summed E-state index contributed by atoms with van der Waals surface area (Å²) in [6.45, 7) is -1.01. The quantitative estimate of drug-likeness (QED) is 0.289. The third kappa shape index (κ3) is 5.68. The van der Waals surface area contributed by atoms with E-state index >= 15 is 0 Å². The summed E-state index contributed by atoms with van der Waals surface area (Å²) in [4.78, 5) is 0. The maximum Gasteiger partial charge on any atom is 0.460 e. The first-order valence-corrected chi connectivity index (χ1v) is 7.51. The first-order chi connectivity index (χ1) is 15.2. The van der Waals surface area contributed by atoms with Crippen molar-refractivity contribution in [2.24, 2.45) is 0 Å². The van der Waals surface area contributed by atoms with E-state index in [1.807, 2.05) is 0 Å². The molecule has 0 aliphatic heterocycles. The van der Waals surface area contributed by atoms with Crippen molar-refractivity contribution in [3.63, 3.8) is 0 Å². The Bertz CT molecular complexity index is 708. The van der Waals surface area contributed by atoms with Crippen LogP contribution in [0.1, 0.15) is 6.92 Å². The zero-order valence-corrected chi connectivity index (χ0v) is 16.0. The van der Waals surface area contributed by atoms with E-state index in [9.17, 15) is 105 Å². The lowest BCUT2D eigenvalue weighted by Gasteiger charge is -2.39.